The van der Waals surface area contributed by atoms with Crippen molar-refractivity contribution in [2.24, 2.45) is 5.73 Å². The van der Waals surface area contributed by atoms with Crippen LogP contribution in [0.5, 0.6) is 5.75 Å². The van der Waals surface area contributed by atoms with Gasteiger partial charge in [-0.15, -0.1) is 0 Å². The second-order valence-corrected chi connectivity index (χ2v) is 4.58. The van der Waals surface area contributed by atoms with E-state index in [2.05, 4.69) is 4.74 Å². The van der Waals surface area contributed by atoms with Crippen LogP contribution in [0.3, 0.4) is 0 Å². The fourth-order valence-corrected chi connectivity index (χ4v) is 1.93. The van der Waals surface area contributed by atoms with Gasteiger partial charge in [0.2, 0.25) is 0 Å². The van der Waals surface area contributed by atoms with Crippen LogP contribution in [-0.4, -0.2) is 30.7 Å². The number of nitrogens with two attached hydrogens (primary N) is 1. The summed E-state index contributed by atoms with van der Waals surface area (Å²) < 4.78 is 9.75. The molecule has 0 aliphatic heterocycles. The van der Waals surface area contributed by atoms with Gasteiger partial charge in [-0.25, -0.2) is 0 Å². The number of benzene rings is 1. The average Bonchev–Trinajstić information content (AvgIpc) is 2.40. The summed E-state index contributed by atoms with van der Waals surface area (Å²) in [5.41, 5.74) is 5.28. The van der Waals surface area contributed by atoms with E-state index in [9.17, 15) is 14.9 Å². The first-order valence-corrected chi connectivity index (χ1v) is 6.22. The molecule has 0 aliphatic rings. The third kappa shape index (κ3) is 4.22. The number of hydrogen-bond donors (Lipinski definition) is 1. The number of methoxy groups -OCH3 is 1. The fraction of sp³-hybridized carbons (Fsp3) is 0.364. The average molecular weight is 323 g/mol. The zero-order valence-corrected chi connectivity index (χ0v) is 12.0. The summed E-state index contributed by atoms with van der Waals surface area (Å²) in [5, 5.41) is 10.6. The molecule has 0 amide bonds. The highest BCUT2D eigenvalue weighted by Crippen LogP contribution is 2.36. The van der Waals surface area contributed by atoms with Crippen molar-refractivity contribution in [1.82, 2.24) is 0 Å². The molecule has 0 fully saturated rings. The molecular formula is C11H12Cl2N2O5. The van der Waals surface area contributed by atoms with Crippen molar-refractivity contribution < 1.29 is 19.2 Å². The van der Waals surface area contributed by atoms with Crippen LogP contribution in [-0.2, 0) is 9.53 Å². The highest BCUT2D eigenvalue weighted by molar-refractivity contribution is 6.37. The lowest BCUT2D eigenvalue weighted by atomic mass is 10.2. The minimum absolute atomic E-state index is 0.0100. The molecule has 1 aromatic carbocycles. The third-order valence-electron chi connectivity index (χ3n) is 2.37. The van der Waals surface area contributed by atoms with Crippen molar-refractivity contribution in [2.75, 3.05) is 13.7 Å². The van der Waals surface area contributed by atoms with Gasteiger partial charge in [-0.3, -0.25) is 14.9 Å². The number of hydrogen-bond acceptors (Lipinski definition) is 6. The van der Waals surface area contributed by atoms with E-state index in [1.165, 1.54) is 7.11 Å². The SMILES string of the molecule is COC(=O)C(N)CCOc1c(Cl)cc([N+](=O)[O-])cc1Cl. The third-order valence-corrected chi connectivity index (χ3v) is 2.93. The Morgan fingerprint density at radius 1 is 1.45 bits per heavy atom. The molecule has 0 bridgehead atoms. The fourth-order valence-electron chi connectivity index (χ4n) is 1.35. The van der Waals surface area contributed by atoms with E-state index >= 15 is 0 Å². The van der Waals surface area contributed by atoms with E-state index < -0.39 is 16.9 Å². The van der Waals surface area contributed by atoms with Gasteiger partial charge >= 0.3 is 5.97 Å². The first kappa shape index (κ1) is 16.5. The number of nitro benzene ring substituents is 1. The van der Waals surface area contributed by atoms with Gasteiger partial charge in [0.05, 0.1) is 28.7 Å². The molecule has 0 saturated carbocycles. The van der Waals surface area contributed by atoms with E-state index in [4.69, 9.17) is 33.7 Å². The quantitative estimate of drug-likeness (QED) is 0.489. The Morgan fingerprint density at radius 3 is 2.45 bits per heavy atom. The van der Waals surface area contributed by atoms with Gasteiger partial charge in [0.1, 0.15) is 6.04 Å². The van der Waals surface area contributed by atoms with Gasteiger partial charge < -0.3 is 15.2 Å². The van der Waals surface area contributed by atoms with Gasteiger partial charge in [0.25, 0.3) is 5.69 Å². The second kappa shape index (κ2) is 7.28. The van der Waals surface area contributed by atoms with Crippen LogP contribution in [0.15, 0.2) is 12.1 Å². The van der Waals surface area contributed by atoms with E-state index in [1.54, 1.807) is 0 Å². The Morgan fingerprint density at radius 2 is 2.00 bits per heavy atom. The van der Waals surface area contributed by atoms with Crippen molar-refractivity contribution in [1.29, 1.82) is 0 Å². The molecule has 1 unspecified atom stereocenters. The molecule has 0 aromatic heterocycles. The number of rotatable bonds is 6. The van der Waals surface area contributed by atoms with Gasteiger partial charge in [0, 0.05) is 18.6 Å². The lowest BCUT2D eigenvalue weighted by Gasteiger charge is -2.12. The van der Waals surface area contributed by atoms with Crippen molar-refractivity contribution in [3.8, 4) is 5.75 Å². The zero-order valence-electron chi connectivity index (χ0n) is 10.5. The summed E-state index contributed by atoms with van der Waals surface area (Å²) in [6.45, 7) is 0.0630. The van der Waals surface area contributed by atoms with E-state index in [-0.39, 0.29) is 34.5 Å². The zero-order chi connectivity index (χ0) is 15.3. The van der Waals surface area contributed by atoms with Gasteiger partial charge in [0.15, 0.2) is 5.75 Å². The summed E-state index contributed by atoms with van der Waals surface area (Å²) in [7, 11) is 1.23. The van der Waals surface area contributed by atoms with E-state index in [0.717, 1.165) is 12.1 Å². The molecule has 0 saturated heterocycles. The number of nitro groups is 1. The molecule has 0 spiro atoms. The molecule has 1 atom stereocenters. The second-order valence-electron chi connectivity index (χ2n) is 3.76. The van der Waals surface area contributed by atoms with Crippen LogP contribution in [0.2, 0.25) is 10.0 Å². The molecule has 7 nitrogen and oxygen atoms in total. The summed E-state index contributed by atoms with van der Waals surface area (Å²) in [6.07, 6.45) is 0.191. The van der Waals surface area contributed by atoms with E-state index in [1.807, 2.05) is 0 Å². The molecule has 0 heterocycles. The maximum absolute atomic E-state index is 11.1. The van der Waals surface area contributed by atoms with Crippen LogP contribution >= 0.6 is 23.2 Å². The Kier molecular flexibility index (Phi) is 6.00. The summed E-state index contributed by atoms with van der Waals surface area (Å²) in [5.74, 6) is -0.453. The smallest absolute Gasteiger partial charge is 0.322 e. The highest BCUT2D eigenvalue weighted by Gasteiger charge is 2.17. The lowest BCUT2D eigenvalue weighted by Crippen LogP contribution is -2.33. The van der Waals surface area contributed by atoms with Crippen molar-refractivity contribution in [3.05, 3.63) is 32.3 Å². The van der Waals surface area contributed by atoms with Gasteiger partial charge in [-0.05, 0) is 0 Å². The Bertz CT molecular complexity index is 501. The van der Waals surface area contributed by atoms with Crippen LogP contribution in [0.1, 0.15) is 6.42 Å². The number of carbonyl (C=O) groups is 1. The van der Waals surface area contributed by atoms with Crippen LogP contribution in [0, 0.1) is 10.1 Å². The topological polar surface area (TPSA) is 105 Å². The molecule has 20 heavy (non-hydrogen) atoms. The molecule has 9 heteroatoms. The molecule has 1 rings (SSSR count). The maximum Gasteiger partial charge on any atom is 0.322 e. The molecule has 1 aromatic rings. The van der Waals surface area contributed by atoms with Gasteiger partial charge in [-0.2, -0.15) is 0 Å². The lowest BCUT2D eigenvalue weighted by molar-refractivity contribution is -0.384. The minimum Gasteiger partial charge on any atom is -0.490 e. The number of ether oxygens (including phenoxy) is 2. The number of nitrogens with zero attached hydrogens (tertiary/aromatic N) is 1. The number of halogens is 2. The predicted octanol–water partition coefficient (Wildman–Crippen LogP) is 2.17. The summed E-state index contributed by atoms with van der Waals surface area (Å²) in [4.78, 5) is 21.1. The number of carbonyl (C=O) groups excluding carboxylic acids is 1. The van der Waals surface area contributed by atoms with Crippen molar-refractivity contribution in [3.63, 3.8) is 0 Å². The van der Waals surface area contributed by atoms with Crippen LogP contribution in [0.25, 0.3) is 0 Å². The number of esters is 1. The van der Waals surface area contributed by atoms with Crippen LogP contribution < -0.4 is 10.5 Å². The maximum atomic E-state index is 11.1. The molecular weight excluding hydrogens is 311 g/mol. The van der Waals surface area contributed by atoms with E-state index in [0.29, 0.717) is 0 Å². The van der Waals surface area contributed by atoms with Crippen LogP contribution in [0.4, 0.5) is 5.69 Å². The Balaban J connectivity index is 2.70. The molecule has 0 radical (unpaired) electrons. The largest absolute Gasteiger partial charge is 0.490 e. The van der Waals surface area contributed by atoms with Crippen molar-refractivity contribution in [2.45, 2.75) is 12.5 Å². The molecule has 2 N–H and O–H groups in total. The summed E-state index contributed by atoms with van der Waals surface area (Å²) >= 11 is 11.7. The summed E-state index contributed by atoms with van der Waals surface area (Å²) in [6, 6.07) is 1.43. The highest BCUT2D eigenvalue weighted by atomic mass is 35.5. The first-order chi connectivity index (χ1) is 9.36. The molecule has 110 valence electrons. The minimum atomic E-state index is -0.824. The Labute approximate surface area is 124 Å². The monoisotopic (exact) mass is 322 g/mol. The standard InChI is InChI=1S/C11H12Cl2N2O5/c1-19-11(16)9(14)2-3-20-10-7(12)4-6(15(17)18)5-8(10)13/h4-5,9H,2-3,14H2,1H3. The van der Waals surface area contributed by atoms with Gasteiger partial charge in [-0.1, -0.05) is 23.2 Å². The molecule has 0 aliphatic carbocycles. The Hall–Kier alpha value is -1.57. The predicted molar refractivity (Wildman–Crippen MR) is 73.2 cm³/mol. The number of non-ortho nitro benzene ring substituents is 1. The van der Waals surface area contributed by atoms with Crippen molar-refractivity contribution >= 4 is 34.9 Å². The first-order valence-electron chi connectivity index (χ1n) is 5.46. The normalized spacial score (nSPS) is 11.8.